The van der Waals surface area contributed by atoms with Crippen molar-refractivity contribution < 1.29 is 4.39 Å². The van der Waals surface area contributed by atoms with Crippen LogP contribution in [0.5, 0.6) is 0 Å². The molecule has 0 saturated heterocycles. The van der Waals surface area contributed by atoms with E-state index >= 15 is 0 Å². The van der Waals surface area contributed by atoms with Crippen LogP contribution in [0.25, 0.3) is 28.5 Å². The Kier molecular flexibility index (Phi) is 3.12. The third-order valence-corrected chi connectivity index (χ3v) is 3.23. The number of aromatic amines is 1. The van der Waals surface area contributed by atoms with Crippen LogP contribution in [-0.2, 0) is 0 Å². The molecule has 0 atom stereocenters. The summed E-state index contributed by atoms with van der Waals surface area (Å²) in [6.07, 6.45) is 6.59. The molecule has 0 fully saturated rings. The number of halogens is 1. The zero-order valence-corrected chi connectivity index (χ0v) is 11.8. The van der Waals surface area contributed by atoms with Crippen LogP contribution in [0.15, 0.2) is 55.1 Å². The van der Waals surface area contributed by atoms with Crippen molar-refractivity contribution in [1.82, 2.24) is 35.2 Å². The number of hydrogen-bond donors (Lipinski definition) is 1. The van der Waals surface area contributed by atoms with Gasteiger partial charge in [0, 0.05) is 36.4 Å². The molecule has 0 bridgehead atoms. The van der Waals surface area contributed by atoms with E-state index in [9.17, 15) is 4.39 Å². The van der Waals surface area contributed by atoms with Crippen molar-refractivity contribution in [2.24, 2.45) is 0 Å². The molecule has 7 nitrogen and oxygen atoms in total. The molecule has 112 valence electrons. The predicted molar refractivity (Wildman–Crippen MR) is 79.9 cm³/mol. The number of tetrazole rings is 1. The summed E-state index contributed by atoms with van der Waals surface area (Å²) in [6, 6.07) is 8.20. The van der Waals surface area contributed by atoms with Crippen molar-refractivity contribution in [3.8, 4) is 28.5 Å². The summed E-state index contributed by atoms with van der Waals surface area (Å²) in [6.45, 7) is 0. The van der Waals surface area contributed by atoms with Gasteiger partial charge in [0.2, 0.25) is 5.82 Å². The first-order valence-corrected chi connectivity index (χ1v) is 6.81. The SMILES string of the molecule is Fc1cc(-c2cccnc2)cc(-n2nnc(-c3ncc[nH]3)n2)c1. The minimum Gasteiger partial charge on any atom is -0.342 e. The summed E-state index contributed by atoms with van der Waals surface area (Å²) in [7, 11) is 0. The third-order valence-electron chi connectivity index (χ3n) is 3.23. The lowest BCUT2D eigenvalue weighted by atomic mass is 10.1. The van der Waals surface area contributed by atoms with Crippen LogP contribution in [0.4, 0.5) is 4.39 Å². The standard InChI is InChI=1S/C15H10FN7/c16-12-6-11(10-2-1-3-17-9-10)7-13(8-12)23-21-15(20-22-23)14-18-4-5-19-14/h1-9H,(H,18,19). The Balaban J connectivity index is 1.76. The molecular formula is C15H10FN7. The molecule has 0 saturated carbocycles. The van der Waals surface area contributed by atoms with Crippen molar-refractivity contribution in [3.63, 3.8) is 0 Å². The first kappa shape index (κ1) is 13.3. The van der Waals surface area contributed by atoms with Crippen LogP contribution in [-0.4, -0.2) is 35.2 Å². The van der Waals surface area contributed by atoms with Gasteiger partial charge in [0.25, 0.3) is 0 Å². The van der Waals surface area contributed by atoms with E-state index < -0.39 is 5.82 Å². The molecule has 0 radical (unpaired) electrons. The molecule has 0 aliphatic rings. The Bertz CT molecular complexity index is 932. The highest BCUT2D eigenvalue weighted by Gasteiger charge is 2.11. The van der Waals surface area contributed by atoms with Crippen molar-refractivity contribution in [2.45, 2.75) is 0 Å². The van der Waals surface area contributed by atoms with Crippen molar-refractivity contribution in [3.05, 3.63) is 60.9 Å². The minimum absolute atomic E-state index is 0.335. The van der Waals surface area contributed by atoms with Crippen LogP contribution >= 0.6 is 0 Å². The van der Waals surface area contributed by atoms with E-state index in [4.69, 9.17) is 0 Å². The molecule has 0 aliphatic carbocycles. The molecule has 3 heterocycles. The van der Waals surface area contributed by atoms with Crippen LogP contribution < -0.4 is 0 Å². The predicted octanol–water partition coefficient (Wildman–Crippen LogP) is 2.25. The number of aromatic nitrogens is 7. The highest BCUT2D eigenvalue weighted by Crippen LogP contribution is 2.22. The topological polar surface area (TPSA) is 85.2 Å². The number of H-pyrrole nitrogens is 1. The number of nitrogens with one attached hydrogen (secondary N) is 1. The summed E-state index contributed by atoms with van der Waals surface area (Å²) in [4.78, 5) is 12.3. The maximum atomic E-state index is 14.0. The van der Waals surface area contributed by atoms with Gasteiger partial charge in [-0.2, -0.15) is 0 Å². The van der Waals surface area contributed by atoms with E-state index in [2.05, 4.69) is 30.4 Å². The van der Waals surface area contributed by atoms with Crippen LogP contribution in [0.1, 0.15) is 0 Å². The number of benzene rings is 1. The fraction of sp³-hybridized carbons (Fsp3) is 0. The number of hydrogen-bond acceptors (Lipinski definition) is 5. The minimum atomic E-state index is -0.391. The van der Waals surface area contributed by atoms with E-state index in [-0.39, 0.29) is 0 Å². The summed E-state index contributed by atoms with van der Waals surface area (Å²) >= 11 is 0. The molecule has 4 rings (SSSR count). The van der Waals surface area contributed by atoms with Crippen LogP contribution in [0, 0.1) is 5.82 Å². The van der Waals surface area contributed by atoms with E-state index in [0.29, 0.717) is 22.9 Å². The van der Waals surface area contributed by atoms with Gasteiger partial charge in [-0.25, -0.2) is 9.37 Å². The molecule has 0 aliphatic heterocycles. The number of nitrogens with zero attached hydrogens (tertiary/aromatic N) is 6. The average Bonchev–Trinajstić information content (AvgIpc) is 3.26. The van der Waals surface area contributed by atoms with Crippen molar-refractivity contribution >= 4 is 0 Å². The molecule has 3 aromatic heterocycles. The Labute approximate surface area is 129 Å². The molecule has 23 heavy (non-hydrogen) atoms. The first-order valence-electron chi connectivity index (χ1n) is 6.81. The Morgan fingerprint density at radius 2 is 2.04 bits per heavy atom. The lowest BCUT2D eigenvalue weighted by molar-refractivity contribution is 0.621. The maximum Gasteiger partial charge on any atom is 0.240 e. The molecule has 8 heteroatoms. The third kappa shape index (κ3) is 2.57. The van der Waals surface area contributed by atoms with Crippen LogP contribution in [0.3, 0.4) is 0 Å². The second kappa shape index (κ2) is 5.41. The summed E-state index contributed by atoms with van der Waals surface area (Å²) < 4.78 is 14.0. The molecule has 0 spiro atoms. The van der Waals surface area contributed by atoms with Gasteiger partial charge in [0.05, 0.1) is 5.69 Å². The zero-order valence-electron chi connectivity index (χ0n) is 11.8. The van der Waals surface area contributed by atoms with Gasteiger partial charge in [-0.3, -0.25) is 4.98 Å². The number of pyridine rings is 1. The van der Waals surface area contributed by atoms with Gasteiger partial charge in [-0.1, -0.05) is 6.07 Å². The molecule has 0 amide bonds. The summed E-state index contributed by atoms with van der Waals surface area (Å²) in [5.74, 6) is 0.445. The Hall–Kier alpha value is -3.42. The fourth-order valence-electron chi connectivity index (χ4n) is 2.20. The zero-order chi connectivity index (χ0) is 15.6. The lowest BCUT2D eigenvalue weighted by Crippen LogP contribution is -2.00. The normalized spacial score (nSPS) is 10.8. The number of rotatable bonds is 3. The fourth-order valence-corrected chi connectivity index (χ4v) is 2.20. The van der Waals surface area contributed by atoms with Crippen molar-refractivity contribution in [2.75, 3.05) is 0 Å². The molecule has 4 aromatic rings. The van der Waals surface area contributed by atoms with E-state index in [0.717, 1.165) is 5.56 Å². The van der Waals surface area contributed by atoms with Gasteiger partial charge in [-0.15, -0.1) is 15.0 Å². The Morgan fingerprint density at radius 1 is 1.09 bits per heavy atom. The number of imidazole rings is 1. The quantitative estimate of drug-likeness (QED) is 0.627. The van der Waals surface area contributed by atoms with E-state index in [1.165, 1.54) is 16.9 Å². The molecular weight excluding hydrogens is 297 g/mol. The van der Waals surface area contributed by atoms with Gasteiger partial charge >= 0.3 is 0 Å². The summed E-state index contributed by atoms with van der Waals surface area (Å²) in [5.41, 5.74) is 1.96. The van der Waals surface area contributed by atoms with Gasteiger partial charge in [0.1, 0.15) is 5.82 Å². The second-order valence-electron chi connectivity index (χ2n) is 4.78. The summed E-state index contributed by atoms with van der Waals surface area (Å²) in [5, 5.41) is 12.1. The molecule has 0 unspecified atom stereocenters. The lowest BCUT2D eigenvalue weighted by Gasteiger charge is -2.04. The monoisotopic (exact) mass is 307 g/mol. The smallest absolute Gasteiger partial charge is 0.240 e. The van der Waals surface area contributed by atoms with E-state index in [1.807, 2.05) is 6.07 Å². The molecule has 1 aromatic carbocycles. The average molecular weight is 307 g/mol. The second-order valence-corrected chi connectivity index (χ2v) is 4.78. The highest BCUT2D eigenvalue weighted by molar-refractivity contribution is 5.65. The van der Waals surface area contributed by atoms with E-state index in [1.54, 1.807) is 36.9 Å². The maximum absolute atomic E-state index is 14.0. The highest BCUT2D eigenvalue weighted by atomic mass is 19.1. The Morgan fingerprint density at radius 3 is 2.83 bits per heavy atom. The first-order chi connectivity index (χ1) is 11.3. The van der Waals surface area contributed by atoms with Crippen LogP contribution in [0.2, 0.25) is 0 Å². The van der Waals surface area contributed by atoms with Crippen molar-refractivity contribution in [1.29, 1.82) is 0 Å². The van der Waals surface area contributed by atoms with Gasteiger partial charge < -0.3 is 4.98 Å². The van der Waals surface area contributed by atoms with Gasteiger partial charge in [-0.05, 0) is 29.0 Å². The van der Waals surface area contributed by atoms with Gasteiger partial charge in [0.15, 0.2) is 5.82 Å². The molecule has 1 N–H and O–H groups in total. The largest absolute Gasteiger partial charge is 0.342 e.